The molecule has 0 heterocycles. The van der Waals surface area contributed by atoms with Gasteiger partial charge in [-0.25, -0.2) is 9.13 Å². The first-order valence-electron chi connectivity index (χ1n) is 42.4. The molecule has 19 heteroatoms. The SMILES string of the molecule is CCCCCCCCCCCCCCCCCCC(=O)OC[C@H](COP(=O)(O)OC[C@@H](O)COP(=O)(O)OC[C@@H](COC(=O)CCCCCCCCCC(C)C)OC(=O)CCCCCCCCCCCCC(C)C)OC(=O)CCCCCCCCCCCCCCCCCCCCC(C)CC. The van der Waals surface area contributed by atoms with E-state index in [9.17, 15) is 43.2 Å². The largest absolute Gasteiger partial charge is 0.472 e. The van der Waals surface area contributed by atoms with Gasteiger partial charge in [0.2, 0.25) is 0 Å². The number of phosphoric acid groups is 2. The average Bonchev–Trinajstić information content (AvgIpc) is 0.967. The van der Waals surface area contributed by atoms with Crippen molar-refractivity contribution in [3.63, 3.8) is 0 Å². The van der Waals surface area contributed by atoms with E-state index in [1.807, 2.05) is 0 Å². The minimum atomic E-state index is -4.96. The quantitative estimate of drug-likeness (QED) is 0.0222. The van der Waals surface area contributed by atoms with Crippen LogP contribution in [0.15, 0.2) is 0 Å². The van der Waals surface area contributed by atoms with Gasteiger partial charge in [-0.15, -0.1) is 0 Å². The number of carbonyl (C=O) groups excluding carboxylic acids is 4. The second kappa shape index (κ2) is 72.3. The molecule has 0 radical (unpaired) electrons. The second-order valence-electron chi connectivity index (χ2n) is 30.7. The smallest absolute Gasteiger partial charge is 0.462 e. The molecule has 101 heavy (non-hydrogen) atoms. The molecule has 0 aromatic carbocycles. The van der Waals surface area contributed by atoms with Gasteiger partial charge in [-0.1, -0.05) is 376 Å². The summed E-state index contributed by atoms with van der Waals surface area (Å²) in [4.78, 5) is 73.0. The molecule has 3 unspecified atom stereocenters. The minimum absolute atomic E-state index is 0.105. The second-order valence-corrected chi connectivity index (χ2v) is 33.6. The lowest BCUT2D eigenvalue weighted by atomic mass is 9.99. The number of carbonyl (C=O) groups is 4. The molecule has 600 valence electrons. The summed E-state index contributed by atoms with van der Waals surface area (Å²) < 4.78 is 68.7. The molecule has 0 amide bonds. The van der Waals surface area contributed by atoms with Crippen LogP contribution in [0, 0.1) is 17.8 Å². The molecule has 0 rings (SSSR count). The van der Waals surface area contributed by atoms with Crippen molar-refractivity contribution in [2.45, 2.75) is 446 Å². The van der Waals surface area contributed by atoms with Gasteiger partial charge in [0.25, 0.3) is 0 Å². The number of rotatable bonds is 80. The van der Waals surface area contributed by atoms with E-state index in [2.05, 4.69) is 48.5 Å². The zero-order chi connectivity index (χ0) is 74.4. The topological polar surface area (TPSA) is 237 Å². The zero-order valence-corrected chi connectivity index (χ0v) is 68.2. The number of hydrogen-bond donors (Lipinski definition) is 3. The van der Waals surface area contributed by atoms with E-state index in [1.54, 1.807) is 0 Å². The van der Waals surface area contributed by atoms with Gasteiger partial charge >= 0.3 is 39.5 Å². The van der Waals surface area contributed by atoms with E-state index in [-0.39, 0.29) is 25.7 Å². The molecule has 0 bridgehead atoms. The van der Waals surface area contributed by atoms with Crippen LogP contribution in [0.1, 0.15) is 427 Å². The number of hydrogen-bond acceptors (Lipinski definition) is 15. The Morgan fingerprint density at radius 2 is 0.505 bits per heavy atom. The zero-order valence-electron chi connectivity index (χ0n) is 66.4. The Balaban J connectivity index is 5.21. The van der Waals surface area contributed by atoms with Crippen molar-refractivity contribution in [1.82, 2.24) is 0 Å². The number of aliphatic hydroxyl groups is 1. The lowest BCUT2D eigenvalue weighted by Crippen LogP contribution is -2.30. The maximum Gasteiger partial charge on any atom is 0.472 e. The molecule has 0 aliphatic heterocycles. The van der Waals surface area contributed by atoms with Gasteiger partial charge in [-0.3, -0.25) is 37.3 Å². The third kappa shape index (κ3) is 74.7. The highest BCUT2D eigenvalue weighted by Crippen LogP contribution is 2.45. The first kappa shape index (κ1) is 99.1. The molecule has 0 spiro atoms. The van der Waals surface area contributed by atoms with Gasteiger partial charge in [-0.05, 0) is 43.4 Å². The van der Waals surface area contributed by atoms with Crippen LogP contribution >= 0.6 is 15.6 Å². The Morgan fingerprint density at radius 1 is 0.287 bits per heavy atom. The predicted octanol–water partition coefficient (Wildman–Crippen LogP) is 24.5. The fraction of sp³-hybridized carbons (Fsp3) is 0.951. The van der Waals surface area contributed by atoms with Gasteiger partial charge in [0.15, 0.2) is 12.2 Å². The minimum Gasteiger partial charge on any atom is -0.462 e. The van der Waals surface area contributed by atoms with E-state index in [4.69, 9.17) is 37.0 Å². The van der Waals surface area contributed by atoms with E-state index in [1.165, 1.54) is 231 Å². The normalized spacial score (nSPS) is 14.2. The number of esters is 4. The fourth-order valence-electron chi connectivity index (χ4n) is 12.6. The maximum atomic E-state index is 13.1. The Labute approximate surface area is 619 Å². The highest BCUT2D eigenvalue weighted by atomic mass is 31.2. The van der Waals surface area contributed by atoms with Gasteiger partial charge < -0.3 is 33.8 Å². The number of phosphoric ester groups is 2. The molecule has 17 nitrogen and oxygen atoms in total. The van der Waals surface area contributed by atoms with Crippen molar-refractivity contribution in [3.05, 3.63) is 0 Å². The van der Waals surface area contributed by atoms with Crippen LogP contribution < -0.4 is 0 Å². The van der Waals surface area contributed by atoms with Gasteiger partial charge in [-0.2, -0.15) is 0 Å². The van der Waals surface area contributed by atoms with E-state index < -0.39 is 97.5 Å². The standard InChI is InChI=1S/C82H160O17P2/c1-8-10-11-12-13-14-15-16-17-23-26-29-35-42-49-56-63-79(84)92-69-77(98-81(86)65-58-51-43-36-30-27-24-21-19-18-20-22-25-28-34-41-48-55-62-75(7)9-2)71-96-100(88,89)94-67-76(83)68-95-101(90,91)97-72-78(70-93-80(85)64-57-50-45-38-40-47-54-61-74(5)6)99-82(87)66-59-52-44-37-32-31-33-39-46-53-60-73(3)4/h73-78,83H,8-72H2,1-7H3,(H,88,89)(H,90,91)/t75?,76-,77-,78-/m1/s1. The molecule has 3 N–H and O–H groups in total. The van der Waals surface area contributed by atoms with Crippen LogP contribution in [-0.2, 0) is 65.4 Å². The Morgan fingerprint density at radius 3 is 0.752 bits per heavy atom. The molecule has 0 saturated carbocycles. The van der Waals surface area contributed by atoms with Crippen LogP contribution in [0.3, 0.4) is 0 Å². The van der Waals surface area contributed by atoms with E-state index in [0.717, 1.165) is 108 Å². The lowest BCUT2D eigenvalue weighted by molar-refractivity contribution is -0.161. The molecule has 6 atom stereocenters. The predicted molar refractivity (Wildman–Crippen MR) is 414 cm³/mol. The van der Waals surface area contributed by atoms with E-state index >= 15 is 0 Å². The summed E-state index contributed by atoms with van der Waals surface area (Å²) in [6.07, 6.45) is 61.2. The summed E-state index contributed by atoms with van der Waals surface area (Å²) in [5, 5.41) is 10.6. The Kier molecular flexibility index (Phi) is 70.9. The summed E-state index contributed by atoms with van der Waals surface area (Å²) in [7, 11) is -9.92. The van der Waals surface area contributed by atoms with E-state index in [0.29, 0.717) is 31.6 Å². The summed E-state index contributed by atoms with van der Waals surface area (Å²) >= 11 is 0. The van der Waals surface area contributed by atoms with Crippen molar-refractivity contribution in [2.24, 2.45) is 17.8 Å². The van der Waals surface area contributed by atoms with Gasteiger partial charge in [0.05, 0.1) is 26.4 Å². The molecule has 0 aliphatic carbocycles. The van der Waals surface area contributed by atoms with Crippen molar-refractivity contribution in [1.29, 1.82) is 0 Å². The van der Waals surface area contributed by atoms with Crippen LogP contribution in [-0.4, -0.2) is 96.7 Å². The molecule has 0 aromatic rings. The average molecular weight is 1480 g/mol. The molecule has 0 aliphatic rings. The van der Waals surface area contributed by atoms with Gasteiger partial charge in [0.1, 0.15) is 19.3 Å². The lowest BCUT2D eigenvalue weighted by Gasteiger charge is -2.21. The van der Waals surface area contributed by atoms with Crippen molar-refractivity contribution in [3.8, 4) is 0 Å². The van der Waals surface area contributed by atoms with Crippen molar-refractivity contribution < 1.29 is 80.2 Å². The first-order chi connectivity index (χ1) is 48.8. The molecule has 0 saturated heterocycles. The number of ether oxygens (including phenoxy) is 4. The summed E-state index contributed by atoms with van der Waals surface area (Å²) in [6, 6.07) is 0. The summed E-state index contributed by atoms with van der Waals surface area (Å²) in [5.74, 6) is 0.217. The van der Waals surface area contributed by atoms with Crippen LogP contribution in [0.25, 0.3) is 0 Å². The first-order valence-corrected chi connectivity index (χ1v) is 45.4. The fourth-order valence-corrected chi connectivity index (χ4v) is 14.2. The number of aliphatic hydroxyl groups excluding tert-OH is 1. The van der Waals surface area contributed by atoms with Crippen LogP contribution in [0.5, 0.6) is 0 Å². The van der Waals surface area contributed by atoms with Crippen molar-refractivity contribution in [2.75, 3.05) is 39.6 Å². The molecular formula is C82H160O17P2. The molecule has 0 aromatic heterocycles. The highest BCUT2D eigenvalue weighted by Gasteiger charge is 2.30. The Hall–Kier alpha value is -1.94. The number of unbranched alkanes of at least 4 members (excludes halogenated alkanes) is 47. The van der Waals surface area contributed by atoms with Crippen LogP contribution in [0.4, 0.5) is 0 Å². The van der Waals surface area contributed by atoms with Crippen molar-refractivity contribution >= 4 is 39.5 Å². The third-order valence-corrected chi connectivity index (χ3v) is 21.4. The van der Waals surface area contributed by atoms with Crippen LogP contribution in [0.2, 0.25) is 0 Å². The maximum absolute atomic E-state index is 13.1. The molecule has 0 fully saturated rings. The third-order valence-electron chi connectivity index (χ3n) is 19.5. The summed E-state index contributed by atoms with van der Waals surface area (Å²) in [5.41, 5.74) is 0. The van der Waals surface area contributed by atoms with Gasteiger partial charge in [0, 0.05) is 25.7 Å². The highest BCUT2D eigenvalue weighted by molar-refractivity contribution is 7.47. The molecular weight excluding hydrogens is 1320 g/mol. The Bertz CT molecular complexity index is 1960. The monoisotopic (exact) mass is 1480 g/mol. The summed E-state index contributed by atoms with van der Waals surface area (Å²) in [6.45, 7) is 11.9.